The molecule has 0 aliphatic carbocycles. The highest BCUT2D eigenvalue weighted by atomic mass is 32.2. The van der Waals surface area contributed by atoms with Gasteiger partial charge in [-0.1, -0.05) is 42.0 Å². The van der Waals surface area contributed by atoms with Gasteiger partial charge in [-0.05, 0) is 26.0 Å². The number of esters is 1. The predicted octanol–water partition coefficient (Wildman–Crippen LogP) is 2.98. The van der Waals surface area contributed by atoms with E-state index in [9.17, 15) is 10.0 Å². The van der Waals surface area contributed by atoms with Gasteiger partial charge in [0.1, 0.15) is 0 Å². The van der Waals surface area contributed by atoms with Gasteiger partial charge in [0.15, 0.2) is 11.0 Å². The molecule has 8 nitrogen and oxygen atoms in total. The maximum Gasteiger partial charge on any atom is 0.316 e. The van der Waals surface area contributed by atoms with Gasteiger partial charge in [0.05, 0.1) is 24.6 Å². The number of aromatic nitrogens is 3. The molecule has 0 saturated carbocycles. The summed E-state index contributed by atoms with van der Waals surface area (Å²) in [7, 11) is 0. The Labute approximate surface area is 174 Å². The van der Waals surface area contributed by atoms with E-state index in [1.165, 1.54) is 11.8 Å². The second-order valence-electron chi connectivity index (χ2n) is 7.14. The van der Waals surface area contributed by atoms with Gasteiger partial charge >= 0.3 is 5.97 Å². The Morgan fingerprint density at radius 1 is 1.31 bits per heavy atom. The molecule has 2 heterocycles. The van der Waals surface area contributed by atoms with Gasteiger partial charge in [-0.2, -0.15) is 0 Å². The molecule has 1 aliphatic heterocycles. The third-order valence-corrected chi connectivity index (χ3v) is 5.92. The summed E-state index contributed by atoms with van der Waals surface area (Å²) < 4.78 is 7.02. The number of rotatable bonds is 7. The second kappa shape index (κ2) is 9.89. The highest BCUT2D eigenvalue weighted by Gasteiger charge is 2.30. The topological polar surface area (TPSA) is 92.8 Å². The van der Waals surface area contributed by atoms with Gasteiger partial charge in [-0.3, -0.25) is 14.3 Å². The van der Waals surface area contributed by atoms with Crippen LogP contribution in [0, 0.1) is 5.92 Å². The summed E-state index contributed by atoms with van der Waals surface area (Å²) in [6.45, 7) is 7.74. The van der Waals surface area contributed by atoms with Crippen molar-refractivity contribution >= 4 is 23.4 Å². The normalized spacial score (nSPS) is 21.4. The summed E-state index contributed by atoms with van der Waals surface area (Å²) in [5.41, 5.74) is 1.79. The van der Waals surface area contributed by atoms with Crippen molar-refractivity contribution in [1.29, 1.82) is 0 Å². The third kappa shape index (κ3) is 5.16. The first-order valence-electron chi connectivity index (χ1n) is 9.76. The van der Waals surface area contributed by atoms with E-state index in [0.717, 1.165) is 30.2 Å². The molecule has 1 aromatic heterocycles. The van der Waals surface area contributed by atoms with Crippen LogP contribution in [-0.2, 0) is 16.1 Å². The summed E-state index contributed by atoms with van der Waals surface area (Å²) >= 11 is 1.32. The number of nitrogens with zero attached hydrogens (tertiary/aromatic N) is 5. The standard InChI is InChI=1S/C20H27N5O3S/c1-4-28-19(26)13-29-20-22-21-18(25(20)16-8-6-5-7-9-16)12-24-11-14(2)17(23-27)10-15(24)3/h5-9,14-15,27H,4,10-13H2,1-3H3/b23-17+/t14-,15-/m0/s1. The van der Waals surface area contributed by atoms with Crippen molar-refractivity contribution in [2.45, 2.75) is 44.9 Å². The Morgan fingerprint density at radius 3 is 2.76 bits per heavy atom. The highest BCUT2D eigenvalue weighted by Crippen LogP contribution is 2.26. The predicted molar refractivity (Wildman–Crippen MR) is 112 cm³/mol. The van der Waals surface area contributed by atoms with Crippen molar-refractivity contribution in [3.8, 4) is 5.69 Å². The average molecular weight is 418 g/mol. The molecule has 9 heteroatoms. The maximum absolute atomic E-state index is 11.8. The van der Waals surface area contributed by atoms with Crippen molar-refractivity contribution < 1.29 is 14.7 Å². The first-order valence-corrected chi connectivity index (χ1v) is 10.7. The van der Waals surface area contributed by atoms with Crippen LogP contribution in [0.3, 0.4) is 0 Å². The summed E-state index contributed by atoms with van der Waals surface area (Å²) in [5.74, 6) is 0.913. The second-order valence-corrected chi connectivity index (χ2v) is 8.08. The SMILES string of the molecule is CCOC(=O)CSc1nnc(CN2C[C@H](C)/C(=N/O)C[C@@H]2C)n1-c1ccccc1. The zero-order valence-corrected chi connectivity index (χ0v) is 17.8. The average Bonchev–Trinajstić information content (AvgIpc) is 3.12. The Hall–Kier alpha value is -2.39. The molecule has 0 unspecified atom stereocenters. The fourth-order valence-electron chi connectivity index (χ4n) is 3.47. The number of likely N-dealkylation sites (tertiary alicyclic amines) is 1. The number of para-hydroxylation sites is 1. The molecule has 156 valence electrons. The molecular weight excluding hydrogens is 390 g/mol. The van der Waals surface area contributed by atoms with Gasteiger partial charge < -0.3 is 9.94 Å². The minimum absolute atomic E-state index is 0.182. The van der Waals surface area contributed by atoms with E-state index in [1.807, 2.05) is 34.9 Å². The lowest BCUT2D eigenvalue weighted by Crippen LogP contribution is -2.45. The fourth-order valence-corrected chi connectivity index (χ4v) is 4.24. The van der Waals surface area contributed by atoms with Crippen LogP contribution in [0.15, 0.2) is 40.6 Å². The molecule has 0 radical (unpaired) electrons. The number of piperidine rings is 1. The molecule has 3 rings (SSSR count). The molecule has 1 aliphatic rings. The number of hydrogen-bond acceptors (Lipinski definition) is 8. The van der Waals surface area contributed by atoms with E-state index in [1.54, 1.807) is 6.92 Å². The summed E-state index contributed by atoms with van der Waals surface area (Å²) in [5, 5.41) is 22.1. The number of carbonyl (C=O) groups is 1. The third-order valence-electron chi connectivity index (χ3n) is 5.02. The molecule has 0 amide bonds. The van der Waals surface area contributed by atoms with Crippen LogP contribution in [0.1, 0.15) is 33.0 Å². The number of ether oxygens (including phenoxy) is 1. The van der Waals surface area contributed by atoms with E-state index in [-0.39, 0.29) is 23.7 Å². The lowest BCUT2D eigenvalue weighted by atomic mass is 9.93. The number of oxime groups is 1. The van der Waals surface area contributed by atoms with Crippen LogP contribution in [0.5, 0.6) is 0 Å². The van der Waals surface area contributed by atoms with Crippen LogP contribution in [0.25, 0.3) is 5.69 Å². The van der Waals surface area contributed by atoms with Crippen molar-refractivity contribution in [1.82, 2.24) is 19.7 Å². The van der Waals surface area contributed by atoms with Crippen LogP contribution in [0.4, 0.5) is 0 Å². The monoisotopic (exact) mass is 417 g/mol. The molecule has 1 saturated heterocycles. The van der Waals surface area contributed by atoms with Crippen molar-refractivity contribution in [2.75, 3.05) is 18.9 Å². The molecule has 0 bridgehead atoms. The quantitative estimate of drug-likeness (QED) is 0.320. The molecule has 2 atom stereocenters. The van der Waals surface area contributed by atoms with Gasteiger partial charge in [-0.25, -0.2) is 0 Å². The minimum atomic E-state index is -0.268. The summed E-state index contributed by atoms with van der Waals surface area (Å²) in [6, 6.07) is 10.1. The summed E-state index contributed by atoms with van der Waals surface area (Å²) in [6.07, 6.45) is 0.724. The number of benzene rings is 1. The van der Waals surface area contributed by atoms with Crippen LogP contribution >= 0.6 is 11.8 Å². The molecular formula is C20H27N5O3S. The number of carbonyl (C=O) groups excluding carboxylic acids is 1. The lowest BCUT2D eigenvalue weighted by molar-refractivity contribution is -0.139. The largest absolute Gasteiger partial charge is 0.465 e. The van der Waals surface area contributed by atoms with E-state index in [2.05, 4.69) is 34.1 Å². The van der Waals surface area contributed by atoms with Crippen molar-refractivity contribution in [3.63, 3.8) is 0 Å². The molecule has 2 aromatic rings. The van der Waals surface area contributed by atoms with E-state index in [4.69, 9.17) is 4.74 Å². The van der Waals surface area contributed by atoms with E-state index in [0.29, 0.717) is 18.3 Å². The van der Waals surface area contributed by atoms with Crippen molar-refractivity contribution in [3.05, 3.63) is 36.2 Å². The Kier molecular flexibility index (Phi) is 7.27. The van der Waals surface area contributed by atoms with Gasteiger partial charge in [0, 0.05) is 30.6 Å². The van der Waals surface area contributed by atoms with Crippen LogP contribution < -0.4 is 0 Å². The Morgan fingerprint density at radius 2 is 2.07 bits per heavy atom. The number of hydrogen-bond donors (Lipinski definition) is 1. The van der Waals surface area contributed by atoms with E-state index < -0.39 is 0 Å². The smallest absolute Gasteiger partial charge is 0.316 e. The number of thioether (sulfide) groups is 1. The van der Waals surface area contributed by atoms with Crippen LogP contribution in [0.2, 0.25) is 0 Å². The zero-order chi connectivity index (χ0) is 20.8. The van der Waals surface area contributed by atoms with Gasteiger partial charge in [-0.15, -0.1) is 10.2 Å². The first kappa shape index (κ1) is 21.3. The molecule has 0 spiro atoms. The summed E-state index contributed by atoms with van der Waals surface area (Å²) in [4.78, 5) is 14.1. The molecule has 29 heavy (non-hydrogen) atoms. The molecule has 1 fully saturated rings. The van der Waals surface area contributed by atoms with Crippen LogP contribution in [-0.4, -0.2) is 61.5 Å². The Bertz CT molecular complexity index is 855. The van der Waals surface area contributed by atoms with Gasteiger partial charge in [0.2, 0.25) is 0 Å². The molecule has 1 aromatic carbocycles. The van der Waals surface area contributed by atoms with Gasteiger partial charge in [0.25, 0.3) is 0 Å². The maximum atomic E-state index is 11.8. The van der Waals surface area contributed by atoms with E-state index >= 15 is 0 Å². The highest BCUT2D eigenvalue weighted by molar-refractivity contribution is 7.99. The fraction of sp³-hybridized carbons (Fsp3) is 0.500. The molecule has 1 N–H and O–H groups in total. The first-order chi connectivity index (χ1) is 14.0. The van der Waals surface area contributed by atoms with Crippen molar-refractivity contribution in [2.24, 2.45) is 11.1 Å². The Balaban J connectivity index is 1.84. The zero-order valence-electron chi connectivity index (χ0n) is 17.0. The lowest BCUT2D eigenvalue weighted by Gasteiger charge is -2.36. The minimum Gasteiger partial charge on any atom is -0.465 e.